The van der Waals surface area contributed by atoms with Crippen LogP contribution in [0.25, 0.3) is 0 Å². The van der Waals surface area contributed by atoms with Crippen molar-refractivity contribution in [3.8, 4) is 0 Å². The lowest BCUT2D eigenvalue weighted by molar-refractivity contribution is 0.726. The minimum Gasteiger partial charge on any atom is -0.367 e. The van der Waals surface area contributed by atoms with Gasteiger partial charge in [-0.1, -0.05) is 13.0 Å². The smallest absolute Gasteiger partial charge is 0.0513 e. The fraction of sp³-hybridized carbons (Fsp3) is 0.353. The molecule has 1 aromatic heterocycles. The summed E-state index contributed by atoms with van der Waals surface area (Å²) < 4.78 is 1.15. The van der Waals surface area contributed by atoms with Gasteiger partial charge in [-0.3, -0.25) is 4.98 Å². The number of benzene rings is 1. The molecule has 0 radical (unpaired) electrons. The molecule has 1 aromatic carbocycles. The van der Waals surface area contributed by atoms with Crippen LogP contribution in [-0.2, 0) is 13.1 Å². The SMILES string of the molecule is CCNCc1ccc(N(CC)Cc2ccncc2)c(Br)c1. The number of pyridine rings is 1. The van der Waals surface area contributed by atoms with E-state index in [0.717, 1.165) is 30.7 Å². The van der Waals surface area contributed by atoms with Crippen LogP contribution >= 0.6 is 15.9 Å². The fourth-order valence-electron chi connectivity index (χ4n) is 2.26. The summed E-state index contributed by atoms with van der Waals surface area (Å²) in [6.45, 7) is 8.06. The van der Waals surface area contributed by atoms with Crippen molar-refractivity contribution >= 4 is 21.6 Å². The standard InChI is InChI=1S/C17H22BrN3/c1-3-19-12-15-5-6-17(16(18)11-15)21(4-2)13-14-7-9-20-10-8-14/h5-11,19H,3-4,12-13H2,1-2H3. The van der Waals surface area contributed by atoms with Gasteiger partial charge < -0.3 is 10.2 Å². The molecule has 2 aromatic rings. The van der Waals surface area contributed by atoms with Crippen LogP contribution < -0.4 is 10.2 Å². The van der Waals surface area contributed by atoms with E-state index in [1.54, 1.807) is 0 Å². The summed E-state index contributed by atoms with van der Waals surface area (Å²) in [5.74, 6) is 0. The summed E-state index contributed by atoms with van der Waals surface area (Å²) >= 11 is 3.71. The molecule has 0 aliphatic rings. The Bertz CT molecular complexity index is 557. The third kappa shape index (κ3) is 4.55. The van der Waals surface area contributed by atoms with Gasteiger partial charge in [0.25, 0.3) is 0 Å². The zero-order valence-corrected chi connectivity index (χ0v) is 14.2. The third-order valence-electron chi connectivity index (χ3n) is 3.44. The van der Waals surface area contributed by atoms with E-state index in [9.17, 15) is 0 Å². The van der Waals surface area contributed by atoms with Crippen molar-refractivity contribution in [1.82, 2.24) is 10.3 Å². The van der Waals surface area contributed by atoms with Gasteiger partial charge in [-0.2, -0.15) is 0 Å². The van der Waals surface area contributed by atoms with E-state index < -0.39 is 0 Å². The van der Waals surface area contributed by atoms with Crippen LogP contribution in [0.4, 0.5) is 5.69 Å². The summed E-state index contributed by atoms with van der Waals surface area (Å²) in [5, 5.41) is 3.35. The van der Waals surface area contributed by atoms with Gasteiger partial charge >= 0.3 is 0 Å². The summed E-state index contributed by atoms with van der Waals surface area (Å²) in [5.41, 5.74) is 3.80. The molecule has 0 saturated heterocycles. The van der Waals surface area contributed by atoms with E-state index in [1.165, 1.54) is 16.8 Å². The van der Waals surface area contributed by atoms with E-state index in [4.69, 9.17) is 0 Å². The zero-order valence-electron chi connectivity index (χ0n) is 12.6. The largest absolute Gasteiger partial charge is 0.367 e. The van der Waals surface area contributed by atoms with Gasteiger partial charge in [0.05, 0.1) is 5.69 Å². The van der Waals surface area contributed by atoms with Crippen LogP contribution in [0.2, 0.25) is 0 Å². The van der Waals surface area contributed by atoms with Crippen molar-refractivity contribution in [3.63, 3.8) is 0 Å². The van der Waals surface area contributed by atoms with Crippen LogP contribution in [0.1, 0.15) is 25.0 Å². The molecule has 0 spiro atoms. The van der Waals surface area contributed by atoms with Gasteiger partial charge in [-0.15, -0.1) is 0 Å². The van der Waals surface area contributed by atoms with Gasteiger partial charge in [0.2, 0.25) is 0 Å². The van der Waals surface area contributed by atoms with Gasteiger partial charge in [-0.05, 0) is 64.8 Å². The lowest BCUT2D eigenvalue weighted by Crippen LogP contribution is -2.22. The van der Waals surface area contributed by atoms with Gasteiger partial charge in [-0.25, -0.2) is 0 Å². The molecule has 0 bridgehead atoms. The highest BCUT2D eigenvalue weighted by molar-refractivity contribution is 9.10. The van der Waals surface area contributed by atoms with Crippen molar-refractivity contribution in [2.45, 2.75) is 26.9 Å². The summed E-state index contributed by atoms with van der Waals surface area (Å²) in [6.07, 6.45) is 3.69. The molecule has 3 nitrogen and oxygen atoms in total. The average Bonchev–Trinajstić information content (AvgIpc) is 2.52. The Hall–Kier alpha value is -1.39. The normalized spacial score (nSPS) is 10.6. The molecule has 0 amide bonds. The number of rotatable bonds is 7. The van der Waals surface area contributed by atoms with Crippen molar-refractivity contribution in [2.75, 3.05) is 18.0 Å². The quantitative estimate of drug-likeness (QED) is 0.820. The number of anilines is 1. The van der Waals surface area contributed by atoms with Crippen LogP contribution in [0.15, 0.2) is 47.2 Å². The van der Waals surface area contributed by atoms with Crippen molar-refractivity contribution in [1.29, 1.82) is 0 Å². The Morgan fingerprint density at radius 1 is 1.10 bits per heavy atom. The lowest BCUT2D eigenvalue weighted by atomic mass is 10.1. The summed E-state index contributed by atoms with van der Waals surface area (Å²) in [6, 6.07) is 10.7. The molecule has 2 rings (SSSR count). The number of aromatic nitrogens is 1. The minimum absolute atomic E-state index is 0.893. The average molecular weight is 348 g/mol. The second-order valence-electron chi connectivity index (χ2n) is 4.94. The van der Waals surface area contributed by atoms with Crippen molar-refractivity contribution in [2.24, 2.45) is 0 Å². The first-order chi connectivity index (χ1) is 10.2. The van der Waals surface area contributed by atoms with Gasteiger partial charge in [0, 0.05) is 36.5 Å². The van der Waals surface area contributed by atoms with Crippen molar-refractivity contribution < 1.29 is 0 Å². The molecule has 21 heavy (non-hydrogen) atoms. The number of nitrogens with one attached hydrogen (secondary N) is 1. The molecule has 112 valence electrons. The minimum atomic E-state index is 0.893. The Kier molecular flexibility index (Phi) is 6.21. The van der Waals surface area contributed by atoms with Gasteiger partial charge in [0.1, 0.15) is 0 Å². The third-order valence-corrected chi connectivity index (χ3v) is 4.07. The van der Waals surface area contributed by atoms with Crippen LogP contribution in [0.5, 0.6) is 0 Å². The summed E-state index contributed by atoms with van der Waals surface area (Å²) in [7, 11) is 0. The first-order valence-corrected chi connectivity index (χ1v) is 8.16. The van der Waals surface area contributed by atoms with Crippen LogP contribution in [0.3, 0.4) is 0 Å². The highest BCUT2D eigenvalue weighted by atomic mass is 79.9. The van der Waals surface area contributed by atoms with Crippen LogP contribution in [0, 0.1) is 0 Å². The first-order valence-electron chi connectivity index (χ1n) is 7.37. The molecule has 1 N–H and O–H groups in total. The van der Waals surface area contributed by atoms with E-state index in [-0.39, 0.29) is 0 Å². The predicted octanol–water partition coefficient (Wildman–Crippen LogP) is 3.98. The molecule has 1 heterocycles. The molecule has 0 aliphatic heterocycles. The number of halogens is 1. The molecule has 0 saturated carbocycles. The molecule has 0 fully saturated rings. The van der Waals surface area contributed by atoms with Crippen LogP contribution in [-0.4, -0.2) is 18.1 Å². The Morgan fingerprint density at radius 3 is 2.48 bits per heavy atom. The molecule has 0 atom stereocenters. The second-order valence-corrected chi connectivity index (χ2v) is 5.79. The maximum Gasteiger partial charge on any atom is 0.0513 e. The van der Waals surface area contributed by atoms with E-state index >= 15 is 0 Å². The van der Waals surface area contributed by atoms with Crippen molar-refractivity contribution in [3.05, 3.63) is 58.3 Å². The highest BCUT2D eigenvalue weighted by Gasteiger charge is 2.09. The maximum absolute atomic E-state index is 4.07. The first kappa shape index (κ1) is 16.0. The highest BCUT2D eigenvalue weighted by Crippen LogP contribution is 2.28. The lowest BCUT2D eigenvalue weighted by Gasteiger charge is -2.25. The fourth-order valence-corrected chi connectivity index (χ4v) is 2.94. The van der Waals surface area contributed by atoms with E-state index in [0.29, 0.717) is 0 Å². The number of hydrogen-bond acceptors (Lipinski definition) is 3. The molecule has 4 heteroatoms. The Labute approximate surface area is 135 Å². The monoisotopic (exact) mass is 347 g/mol. The maximum atomic E-state index is 4.07. The second kappa shape index (κ2) is 8.15. The molecular formula is C17H22BrN3. The summed E-state index contributed by atoms with van der Waals surface area (Å²) in [4.78, 5) is 6.43. The Balaban J connectivity index is 2.14. The Morgan fingerprint density at radius 2 is 1.86 bits per heavy atom. The number of hydrogen-bond donors (Lipinski definition) is 1. The molecule has 0 aliphatic carbocycles. The van der Waals surface area contributed by atoms with E-state index in [2.05, 4.69) is 75.3 Å². The topological polar surface area (TPSA) is 28.2 Å². The predicted molar refractivity (Wildman–Crippen MR) is 92.5 cm³/mol. The van der Waals surface area contributed by atoms with E-state index in [1.807, 2.05) is 12.4 Å². The number of nitrogens with zero attached hydrogens (tertiary/aromatic N) is 2. The van der Waals surface area contributed by atoms with Gasteiger partial charge in [0.15, 0.2) is 0 Å². The molecule has 0 unspecified atom stereocenters. The molecular weight excluding hydrogens is 326 g/mol. The zero-order chi connectivity index (χ0) is 15.1.